The molecule has 1 saturated heterocycles. The van der Waals surface area contributed by atoms with Crippen molar-refractivity contribution in [2.45, 2.75) is 30.6 Å². The number of benzene rings is 2. The van der Waals surface area contributed by atoms with Gasteiger partial charge in [-0.15, -0.1) is 0 Å². The Labute approximate surface area is 173 Å². The molecule has 3 rings (SSSR count). The summed E-state index contributed by atoms with van der Waals surface area (Å²) in [6.45, 7) is 2.64. The van der Waals surface area contributed by atoms with Crippen molar-refractivity contribution in [2.75, 3.05) is 26.2 Å². The largest absolute Gasteiger partial charge is 0.342 e. The minimum absolute atomic E-state index is 0.111. The van der Waals surface area contributed by atoms with Gasteiger partial charge in [-0.05, 0) is 61.4 Å². The van der Waals surface area contributed by atoms with E-state index in [1.807, 2.05) is 11.0 Å². The zero-order valence-electron chi connectivity index (χ0n) is 16.6. The molecule has 2 aromatic rings. The molecule has 156 valence electrons. The van der Waals surface area contributed by atoms with Gasteiger partial charge in [0.15, 0.2) is 0 Å². The van der Waals surface area contributed by atoms with E-state index in [-0.39, 0.29) is 10.8 Å². The lowest BCUT2D eigenvalue weighted by molar-refractivity contribution is -0.131. The number of sulfonamides is 1. The van der Waals surface area contributed by atoms with Crippen LogP contribution < -0.4 is 10.5 Å². The zero-order chi connectivity index (χ0) is 20.7. The van der Waals surface area contributed by atoms with Gasteiger partial charge in [-0.25, -0.2) is 13.6 Å². The van der Waals surface area contributed by atoms with E-state index >= 15 is 0 Å². The van der Waals surface area contributed by atoms with Crippen LogP contribution >= 0.6 is 0 Å². The molecule has 0 unspecified atom stereocenters. The smallest absolute Gasteiger partial charge is 0.238 e. The molecular formula is C22H29N3O3S. The third kappa shape index (κ3) is 6.66. The predicted octanol–water partition coefficient (Wildman–Crippen LogP) is 1.95. The molecule has 0 saturated carbocycles. The van der Waals surface area contributed by atoms with E-state index in [9.17, 15) is 13.2 Å². The van der Waals surface area contributed by atoms with E-state index in [1.165, 1.54) is 17.7 Å². The molecule has 1 aliphatic heterocycles. The number of rotatable bonds is 8. The molecule has 0 aromatic heterocycles. The van der Waals surface area contributed by atoms with Crippen molar-refractivity contribution in [1.82, 2.24) is 10.2 Å². The van der Waals surface area contributed by atoms with Gasteiger partial charge < -0.3 is 10.2 Å². The fourth-order valence-corrected chi connectivity index (χ4v) is 4.24. The van der Waals surface area contributed by atoms with E-state index in [0.29, 0.717) is 19.0 Å². The molecule has 0 bridgehead atoms. The van der Waals surface area contributed by atoms with Gasteiger partial charge >= 0.3 is 0 Å². The third-order valence-corrected chi connectivity index (χ3v) is 6.38. The maximum Gasteiger partial charge on any atom is 0.238 e. The van der Waals surface area contributed by atoms with Gasteiger partial charge in [0, 0.05) is 13.1 Å². The van der Waals surface area contributed by atoms with E-state index in [4.69, 9.17) is 5.14 Å². The van der Waals surface area contributed by atoms with E-state index < -0.39 is 10.0 Å². The van der Waals surface area contributed by atoms with Crippen LogP contribution in [0.4, 0.5) is 0 Å². The van der Waals surface area contributed by atoms with Crippen LogP contribution in [0.25, 0.3) is 0 Å². The number of amides is 1. The number of piperidine rings is 1. The number of nitrogens with one attached hydrogen (secondary N) is 1. The quantitative estimate of drug-likeness (QED) is 0.645. The molecule has 0 radical (unpaired) electrons. The van der Waals surface area contributed by atoms with Crippen LogP contribution in [0.15, 0.2) is 59.5 Å². The SMILES string of the molecule is NS(=O)(=O)c1ccc(CCNCC(=O)N2CCC(Cc3ccccc3)CC2)cc1. The van der Waals surface area contributed by atoms with Crippen molar-refractivity contribution in [2.24, 2.45) is 11.1 Å². The summed E-state index contributed by atoms with van der Waals surface area (Å²) in [5.41, 5.74) is 2.37. The van der Waals surface area contributed by atoms with Crippen molar-refractivity contribution in [3.8, 4) is 0 Å². The zero-order valence-corrected chi connectivity index (χ0v) is 17.4. The van der Waals surface area contributed by atoms with Crippen LogP contribution in [-0.2, 0) is 27.7 Å². The number of hydrogen-bond acceptors (Lipinski definition) is 4. The summed E-state index contributed by atoms with van der Waals surface area (Å²) < 4.78 is 22.5. The first-order chi connectivity index (χ1) is 13.9. The van der Waals surface area contributed by atoms with Crippen molar-refractivity contribution >= 4 is 15.9 Å². The summed E-state index contributed by atoms with van der Waals surface area (Å²) in [7, 11) is -3.66. The van der Waals surface area contributed by atoms with Crippen molar-refractivity contribution in [1.29, 1.82) is 0 Å². The number of carbonyl (C=O) groups excluding carboxylic acids is 1. The fourth-order valence-electron chi connectivity index (χ4n) is 3.72. The van der Waals surface area contributed by atoms with Gasteiger partial charge in [0.2, 0.25) is 15.9 Å². The first-order valence-corrected chi connectivity index (χ1v) is 11.6. The molecule has 29 heavy (non-hydrogen) atoms. The standard InChI is InChI=1S/C22H29N3O3S/c23-29(27,28)21-8-6-18(7-9-21)10-13-24-17-22(26)25-14-11-20(12-15-25)16-19-4-2-1-3-5-19/h1-9,20,24H,10-17H2,(H2,23,27,28). The van der Waals surface area contributed by atoms with Gasteiger partial charge in [-0.3, -0.25) is 4.79 Å². The highest BCUT2D eigenvalue weighted by molar-refractivity contribution is 7.89. The maximum absolute atomic E-state index is 12.4. The Balaban J connectivity index is 1.34. The highest BCUT2D eigenvalue weighted by atomic mass is 32.2. The lowest BCUT2D eigenvalue weighted by atomic mass is 9.90. The molecule has 0 spiro atoms. The summed E-state index contributed by atoms with van der Waals surface area (Å²) in [6.07, 6.45) is 3.91. The summed E-state index contributed by atoms with van der Waals surface area (Å²) in [4.78, 5) is 14.5. The first-order valence-electron chi connectivity index (χ1n) is 10.1. The van der Waals surface area contributed by atoms with Gasteiger partial charge in [0.05, 0.1) is 11.4 Å². The van der Waals surface area contributed by atoms with Crippen molar-refractivity contribution in [3.63, 3.8) is 0 Å². The maximum atomic E-state index is 12.4. The molecule has 0 aliphatic carbocycles. The summed E-state index contributed by atoms with van der Waals surface area (Å²) >= 11 is 0. The predicted molar refractivity (Wildman–Crippen MR) is 114 cm³/mol. The Morgan fingerprint density at radius 3 is 2.28 bits per heavy atom. The Morgan fingerprint density at radius 1 is 1.00 bits per heavy atom. The lowest BCUT2D eigenvalue weighted by Crippen LogP contribution is -2.43. The van der Waals surface area contributed by atoms with Crippen LogP contribution in [-0.4, -0.2) is 45.4 Å². The Kier molecular flexibility index (Phi) is 7.41. The number of nitrogens with two attached hydrogens (primary N) is 1. The molecule has 1 heterocycles. The number of hydrogen-bond donors (Lipinski definition) is 2. The Bertz CT molecular complexity index is 891. The average Bonchev–Trinajstić information content (AvgIpc) is 2.72. The van der Waals surface area contributed by atoms with E-state index in [2.05, 4.69) is 29.6 Å². The van der Waals surface area contributed by atoms with Crippen molar-refractivity contribution in [3.05, 3.63) is 65.7 Å². The summed E-state index contributed by atoms with van der Waals surface area (Å²) in [6, 6.07) is 17.1. The molecule has 1 amide bonds. The lowest BCUT2D eigenvalue weighted by Gasteiger charge is -2.32. The minimum Gasteiger partial charge on any atom is -0.342 e. The second kappa shape index (κ2) is 10.0. The van der Waals surface area contributed by atoms with Crippen LogP contribution in [0.3, 0.4) is 0 Å². The molecular weight excluding hydrogens is 386 g/mol. The summed E-state index contributed by atoms with van der Waals surface area (Å²) in [5.74, 6) is 0.794. The van der Waals surface area contributed by atoms with Crippen LogP contribution in [0, 0.1) is 5.92 Å². The fraction of sp³-hybridized carbons (Fsp3) is 0.409. The number of nitrogens with zero attached hydrogens (tertiary/aromatic N) is 1. The number of primary sulfonamides is 1. The highest BCUT2D eigenvalue weighted by Crippen LogP contribution is 2.21. The number of likely N-dealkylation sites (tertiary alicyclic amines) is 1. The highest BCUT2D eigenvalue weighted by Gasteiger charge is 2.22. The summed E-state index contributed by atoms with van der Waals surface area (Å²) in [5, 5.41) is 8.29. The van der Waals surface area contributed by atoms with Crippen LogP contribution in [0.1, 0.15) is 24.0 Å². The molecule has 2 aromatic carbocycles. The second-order valence-electron chi connectivity index (χ2n) is 7.63. The molecule has 3 N–H and O–H groups in total. The molecule has 1 fully saturated rings. The first kappa shape index (κ1) is 21.5. The van der Waals surface area contributed by atoms with Crippen molar-refractivity contribution < 1.29 is 13.2 Å². The molecule has 7 heteroatoms. The van der Waals surface area contributed by atoms with Gasteiger partial charge in [-0.2, -0.15) is 0 Å². The van der Waals surface area contributed by atoms with Gasteiger partial charge in [0.1, 0.15) is 0 Å². The van der Waals surface area contributed by atoms with E-state index in [1.54, 1.807) is 12.1 Å². The molecule has 0 atom stereocenters. The van der Waals surface area contributed by atoms with Gasteiger partial charge in [-0.1, -0.05) is 42.5 Å². The second-order valence-corrected chi connectivity index (χ2v) is 9.19. The minimum atomic E-state index is -3.66. The topological polar surface area (TPSA) is 92.5 Å². The van der Waals surface area contributed by atoms with Crippen LogP contribution in [0.5, 0.6) is 0 Å². The van der Waals surface area contributed by atoms with Gasteiger partial charge in [0.25, 0.3) is 0 Å². The molecule has 1 aliphatic rings. The normalized spacial score (nSPS) is 15.4. The average molecular weight is 416 g/mol. The number of carbonyl (C=O) groups is 1. The Morgan fingerprint density at radius 2 is 1.66 bits per heavy atom. The Hall–Kier alpha value is -2.22. The monoisotopic (exact) mass is 415 g/mol. The third-order valence-electron chi connectivity index (χ3n) is 5.45. The van der Waals surface area contributed by atoms with Crippen LogP contribution in [0.2, 0.25) is 0 Å². The van der Waals surface area contributed by atoms with E-state index in [0.717, 1.165) is 44.3 Å². The molecule has 6 nitrogen and oxygen atoms in total.